The van der Waals surface area contributed by atoms with Gasteiger partial charge in [0.2, 0.25) is 5.91 Å². The Morgan fingerprint density at radius 3 is 2.31 bits per heavy atom. The monoisotopic (exact) mass is 398 g/mol. The molecule has 0 radical (unpaired) electrons. The van der Waals surface area contributed by atoms with Crippen LogP contribution >= 0.6 is 23.2 Å². The van der Waals surface area contributed by atoms with Crippen molar-refractivity contribution in [3.05, 3.63) is 28.2 Å². The maximum absolute atomic E-state index is 12.6. The minimum atomic E-state index is -0.0965. The maximum Gasteiger partial charge on any atom is 0.260 e. The van der Waals surface area contributed by atoms with Crippen LogP contribution in [0.4, 0.5) is 0 Å². The standard InChI is InChI=1S/C19H24Cl2N2O3/c20-15-6-7-17(16(21)12-15)26-13-18(24)22-8-10-23(11-9-22)19(25)14-4-2-1-3-5-14/h6-7,12,14H,1-5,8-11,13H2. The van der Waals surface area contributed by atoms with Gasteiger partial charge >= 0.3 is 0 Å². The number of carbonyl (C=O) groups is 2. The number of piperazine rings is 1. The van der Waals surface area contributed by atoms with Crippen LogP contribution < -0.4 is 4.74 Å². The van der Waals surface area contributed by atoms with Crippen LogP contribution in [0.5, 0.6) is 5.75 Å². The molecule has 0 unspecified atom stereocenters. The highest BCUT2D eigenvalue weighted by Gasteiger charge is 2.29. The lowest BCUT2D eigenvalue weighted by molar-refractivity contribution is -0.143. The molecule has 5 nitrogen and oxygen atoms in total. The molecule has 1 saturated carbocycles. The fraction of sp³-hybridized carbons (Fsp3) is 0.579. The zero-order valence-electron chi connectivity index (χ0n) is 14.8. The highest BCUT2D eigenvalue weighted by Crippen LogP contribution is 2.28. The summed E-state index contributed by atoms with van der Waals surface area (Å²) in [6, 6.07) is 4.90. The largest absolute Gasteiger partial charge is 0.482 e. The Bertz CT molecular complexity index is 654. The van der Waals surface area contributed by atoms with Gasteiger partial charge in [0.1, 0.15) is 5.75 Å². The van der Waals surface area contributed by atoms with E-state index in [-0.39, 0.29) is 24.3 Å². The van der Waals surface area contributed by atoms with Gasteiger partial charge in [-0.15, -0.1) is 0 Å². The van der Waals surface area contributed by atoms with Crippen LogP contribution in [0.2, 0.25) is 10.0 Å². The van der Waals surface area contributed by atoms with Crippen molar-refractivity contribution in [2.45, 2.75) is 32.1 Å². The molecule has 1 saturated heterocycles. The summed E-state index contributed by atoms with van der Waals surface area (Å²) in [7, 11) is 0. The van der Waals surface area contributed by atoms with Crippen molar-refractivity contribution in [1.82, 2.24) is 9.80 Å². The SMILES string of the molecule is O=C(COc1ccc(Cl)cc1Cl)N1CCN(C(=O)C2CCCCC2)CC1. The lowest BCUT2D eigenvalue weighted by Crippen LogP contribution is -2.53. The lowest BCUT2D eigenvalue weighted by atomic mass is 9.88. The number of amides is 2. The molecule has 1 aromatic rings. The zero-order valence-corrected chi connectivity index (χ0v) is 16.3. The van der Waals surface area contributed by atoms with E-state index < -0.39 is 0 Å². The van der Waals surface area contributed by atoms with Gasteiger partial charge in [-0.1, -0.05) is 42.5 Å². The van der Waals surface area contributed by atoms with E-state index in [1.165, 1.54) is 6.42 Å². The summed E-state index contributed by atoms with van der Waals surface area (Å²) in [5, 5.41) is 0.903. The minimum Gasteiger partial charge on any atom is -0.482 e. The second-order valence-corrected chi connectivity index (χ2v) is 7.75. The summed E-state index contributed by atoms with van der Waals surface area (Å²) in [6.07, 6.45) is 5.56. The van der Waals surface area contributed by atoms with Crippen molar-refractivity contribution >= 4 is 35.0 Å². The third kappa shape index (κ3) is 4.83. The first-order valence-corrected chi connectivity index (χ1v) is 9.94. The van der Waals surface area contributed by atoms with E-state index in [1.807, 2.05) is 4.90 Å². The van der Waals surface area contributed by atoms with Crippen molar-refractivity contribution in [3.63, 3.8) is 0 Å². The Morgan fingerprint density at radius 2 is 1.65 bits per heavy atom. The average Bonchev–Trinajstić information content (AvgIpc) is 2.67. The number of nitrogens with zero attached hydrogens (tertiary/aromatic N) is 2. The Kier molecular flexibility index (Phi) is 6.65. The molecule has 0 N–H and O–H groups in total. The van der Waals surface area contributed by atoms with Crippen LogP contribution in [0.1, 0.15) is 32.1 Å². The predicted molar refractivity (Wildman–Crippen MR) is 102 cm³/mol. The topological polar surface area (TPSA) is 49.9 Å². The normalized spacial score (nSPS) is 18.7. The van der Waals surface area contributed by atoms with Crippen LogP contribution in [-0.2, 0) is 9.59 Å². The third-order valence-electron chi connectivity index (χ3n) is 5.14. The summed E-state index contributed by atoms with van der Waals surface area (Å²) < 4.78 is 5.51. The van der Waals surface area contributed by atoms with Crippen molar-refractivity contribution in [1.29, 1.82) is 0 Å². The minimum absolute atomic E-state index is 0.0715. The predicted octanol–water partition coefficient (Wildman–Crippen LogP) is 3.62. The van der Waals surface area contributed by atoms with E-state index in [0.717, 1.165) is 25.7 Å². The molecule has 26 heavy (non-hydrogen) atoms. The average molecular weight is 399 g/mol. The van der Waals surface area contributed by atoms with Crippen molar-refractivity contribution in [3.8, 4) is 5.75 Å². The third-order valence-corrected chi connectivity index (χ3v) is 5.67. The Morgan fingerprint density at radius 1 is 1.00 bits per heavy atom. The molecule has 1 heterocycles. The Labute approximate surface area is 164 Å². The molecule has 0 aromatic heterocycles. The lowest BCUT2D eigenvalue weighted by Gasteiger charge is -2.37. The number of rotatable bonds is 4. The van der Waals surface area contributed by atoms with Gasteiger partial charge in [0.25, 0.3) is 5.91 Å². The fourth-order valence-corrected chi connectivity index (χ4v) is 4.07. The summed E-state index contributed by atoms with van der Waals surface area (Å²) in [6.45, 7) is 2.23. The summed E-state index contributed by atoms with van der Waals surface area (Å²) in [5.74, 6) is 0.790. The van der Waals surface area contributed by atoms with Gasteiger partial charge < -0.3 is 14.5 Å². The van der Waals surface area contributed by atoms with Crippen molar-refractivity contribution < 1.29 is 14.3 Å². The van der Waals surface area contributed by atoms with Gasteiger partial charge in [-0.25, -0.2) is 0 Å². The highest BCUT2D eigenvalue weighted by molar-refractivity contribution is 6.35. The van der Waals surface area contributed by atoms with Crippen LogP contribution in [0.3, 0.4) is 0 Å². The molecular formula is C19H24Cl2N2O3. The van der Waals surface area contributed by atoms with Gasteiger partial charge in [-0.05, 0) is 31.0 Å². The van der Waals surface area contributed by atoms with Gasteiger partial charge in [-0.2, -0.15) is 0 Å². The molecule has 2 fully saturated rings. The van der Waals surface area contributed by atoms with Crippen LogP contribution in [0.15, 0.2) is 18.2 Å². The first kappa shape index (κ1) is 19.3. The summed E-state index contributed by atoms with van der Waals surface area (Å²) >= 11 is 11.9. The van der Waals surface area contributed by atoms with Crippen LogP contribution in [0, 0.1) is 5.92 Å². The Balaban J connectivity index is 1.45. The van der Waals surface area contributed by atoms with E-state index in [1.54, 1.807) is 23.1 Å². The molecule has 2 amide bonds. The molecular weight excluding hydrogens is 375 g/mol. The highest BCUT2D eigenvalue weighted by atomic mass is 35.5. The van der Waals surface area contributed by atoms with Crippen molar-refractivity contribution in [2.24, 2.45) is 5.92 Å². The molecule has 1 aliphatic carbocycles. The second kappa shape index (κ2) is 8.96. The Hall–Kier alpha value is -1.46. The number of halogens is 2. The quantitative estimate of drug-likeness (QED) is 0.777. The molecule has 0 bridgehead atoms. The molecule has 0 spiro atoms. The molecule has 142 valence electrons. The smallest absolute Gasteiger partial charge is 0.260 e. The first-order valence-electron chi connectivity index (χ1n) is 9.19. The molecule has 0 atom stereocenters. The van der Waals surface area contributed by atoms with E-state index in [2.05, 4.69) is 0 Å². The van der Waals surface area contributed by atoms with E-state index in [0.29, 0.717) is 42.0 Å². The summed E-state index contributed by atoms with van der Waals surface area (Å²) in [5.41, 5.74) is 0. The summed E-state index contributed by atoms with van der Waals surface area (Å²) in [4.78, 5) is 28.6. The van der Waals surface area contributed by atoms with Crippen LogP contribution in [0.25, 0.3) is 0 Å². The number of carbonyl (C=O) groups excluding carboxylic acids is 2. The second-order valence-electron chi connectivity index (χ2n) is 6.90. The fourth-order valence-electron chi connectivity index (χ4n) is 3.61. The molecule has 1 aromatic carbocycles. The molecule has 7 heteroatoms. The number of benzene rings is 1. The van der Waals surface area contributed by atoms with Gasteiger partial charge in [0, 0.05) is 37.1 Å². The molecule has 1 aliphatic heterocycles. The van der Waals surface area contributed by atoms with E-state index in [4.69, 9.17) is 27.9 Å². The zero-order chi connectivity index (χ0) is 18.5. The van der Waals surface area contributed by atoms with Crippen molar-refractivity contribution in [2.75, 3.05) is 32.8 Å². The number of hydrogen-bond donors (Lipinski definition) is 0. The number of hydrogen-bond acceptors (Lipinski definition) is 3. The first-order chi connectivity index (χ1) is 12.5. The van der Waals surface area contributed by atoms with Gasteiger partial charge in [0.05, 0.1) is 5.02 Å². The molecule has 3 rings (SSSR count). The van der Waals surface area contributed by atoms with Crippen LogP contribution in [-0.4, -0.2) is 54.4 Å². The number of ether oxygens (including phenoxy) is 1. The van der Waals surface area contributed by atoms with Gasteiger partial charge in [-0.3, -0.25) is 9.59 Å². The van der Waals surface area contributed by atoms with Gasteiger partial charge in [0.15, 0.2) is 6.61 Å². The van der Waals surface area contributed by atoms with E-state index in [9.17, 15) is 9.59 Å². The van der Waals surface area contributed by atoms with E-state index >= 15 is 0 Å². The molecule has 2 aliphatic rings. The maximum atomic E-state index is 12.6.